The van der Waals surface area contributed by atoms with E-state index < -0.39 is 0 Å². The lowest BCUT2D eigenvalue weighted by atomic mass is 9.72. The van der Waals surface area contributed by atoms with Crippen LogP contribution in [0.1, 0.15) is 63.0 Å². The molecule has 3 rings (SSSR count). The molecule has 0 aromatic heterocycles. The van der Waals surface area contributed by atoms with Crippen molar-refractivity contribution in [3.63, 3.8) is 0 Å². The lowest BCUT2D eigenvalue weighted by molar-refractivity contribution is 0.315. The summed E-state index contributed by atoms with van der Waals surface area (Å²) in [6, 6.07) is 9.02. The Morgan fingerprint density at radius 1 is 1.25 bits per heavy atom. The quantitative estimate of drug-likeness (QED) is 0.473. The third-order valence-corrected chi connectivity index (χ3v) is 5.15. The standard InChI is InChI=1S/C19H25Cl/c1-19(2)12-14(11-17(20)13-19)10-16-8-5-7-15-6-3-4-9-18(15)16/h3-4,6,9,11,16-17H,5,7-8,10,12-13H2,1-2H3. The highest BCUT2D eigenvalue weighted by Crippen LogP contribution is 2.43. The van der Waals surface area contributed by atoms with Crippen LogP contribution in [-0.2, 0) is 6.42 Å². The number of halogens is 1. The fourth-order valence-electron chi connectivity index (χ4n) is 4.11. The molecule has 0 saturated heterocycles. The average molecular weight is 289 g/mol. The van der Waals surface area contributed by atoms with Crippen molar-refractivity contribution in [2.45, 2.75) is 63.7 Å². The zero-order chi connectivity index (χ0) is 14.2. The summed E-state index contributed by atoms with van der Waals surface area (Å²) >= 11 is 6.44. The summed E-state index contributed by atoms with van der Waals surface area (Å²) in [5.74, 6) is 0.712. The predicted molar refractivity (Wildman–Crippen MR) is 87.5 cm³/mol. The van der Waals surface area contributed by atoms with Crippen LogP contribution in [0.3, 0.4) is 0 Å². The molecule has 0 N–H and O–H groups in total. The van der Waals surface area contributed by atoms with E-state index in [1.54, 1.807) is 16.7 Å². The second kappa shape index (κ2) is 5.56. The molecule has 0 nitrogen and oxygen atoms in total. The predicted octanol–water partition coefficient (Wildman–Crippen LogP) is 5.85. The van der Waals surface area contributed by atoms with Crippen LogP contribution in [0.4, 0.5) is 0 Å². The number of rotatable bonds is 2. The Hall–Kier alpha value is -0.750. The van der Waals surface area contributed by atoms with Crippen LogP contribution in [0, 0.1) is 5.41 Å². The monoisotopic (exact) mass is 288 g/mol. The zero-order valence-electron chi connectivity index (χ0n) is 12.7. The number of benzene rings is 1. The van der Waals surface area contributed by atoms with Crippen LogP contribution in [0.5, 0.6) is 0 Å². The Morgan fingerprint density at radius 3 is 2.85 bits per heavy atom. The number of alkyl halides is 1. The van der Waals surface area contributed by atoms with Crippen LogP contribution in [-0.4, -0.2) is 5.38 Å². The van der Waals surface area contributed by atoms with Gasteiger partial charge in [-0.05, 0) is 61.0 Å². The van der Waals surface area contributed by atoms with Crippen molar-refractivity contribution >= 4 is 11.6 Å². The first-order chi connectivity index (χ1) is 9.53. The van der Waals surface area contributed by atoms with Gasteiger partial charge in [0.15, 0.2) is 0 Å². The summed E-state index contributed by atoms with van der Waals surface area (Å²) in [4.78, 5) is 0. The van der Waals surface area contributed by atoms with Crippen molar-refractivity contribution in [1.29, 1.82) is 0 Å². The third kappa shape index (κ3) is 3.11. The molecule has 1 aromatic rings. The number of hydrogen-bond donors (Lipinski definition) is 0. The first-order valence-electron chi connectivity index (χ1n) is 7.95. The maximum Gasteiger partial charge on any atom is 0.0523 e. The van der Waals surface area contributed by atoms with Gasteiger partial charge in [-0.15, -0.1) is 11.6 Å². The second-order valence-electron chi connectivity index (χ2n) is 7.38. The van der Waals surface area contributed by atoms with E-state index in [2.05, 4.69) is 44.2 Å². The Balaban J connectivity index is 1.79. The maximum absolute atomic E-state index is 6.44. The Labute approximate surface area is 128 Å². The SMILES string of the molecule is CC1(C)CC(CC2CCCc3ccccc32)=CC(Cl)C1. The fourth-order valence-corrected chi connectivity index (χ4v) is 4.71. The van der Waals surface area contributed by atoms with Gasteiger partial charge in [0.25, 0.3) is 0 Å². The maximum atomic E-state index is 6.44. The van der Waals surface area contributed by atoms with Crippen molar-refractivity contribution < 1.29 is 0 Å². The summed E-state index contributed by atoms with van der Waals surface area (Å²) in [5, 5.41) is 0.229. The minimum absolute atomic E-state index is 0.229. The molecule has 0 saturated carbocycles. The van der Waals surface area contributed by atoms with Gasteiger partial charge in [0, 0.05) is 0 Å². The number of allylic oxidation sites excluding steroid dienone is 2. The first-order valence-corrected chi connectivity index (χ1v) is 8.39. The molecule has 108 valence electrons. The first kappa shape index (κ1) is 14.2. The molecule has 2 aliphatic rings. The Bertz CT molecular complexity index is 512. The zero-order valence-corrected chi connectivity index (χ0v) is 13.4. The largest absolute Gasteiger partial charge is 0.118 e. The van der Waals surface area contributed by atoms with E-state index in [1.165, 1.54) is 32.1 Å². The molecule has 0 heterocycles. The van der Waals surface area contributed by atoms with Crippen LogP contribution in [0.2, 0.25) is 0 Å². The van der Waals surface area contributed by atoms with Gasteiger partial charge in [-0.2, -0.15) is 0 Å². The van der Waals surface area contributed by atoms with E-state index in [0.29, 0.717) is 11.3 Å². The van der Waals surface area contributed by atoms with E-state index in [4.69, 9.17) is 11.6 Å². The van der Waals surface area contributed by atoms with Crippen LogP contribution < -0.4 is 0 Å². The second-order valence-corrected chi connectivity index (χ2v) is 7.94. The molecule has 0 aliphatic heterocycles. The molecule has 1 aromatic carbocycles. The van der Waals surface area contributed by atoms with Gasteiger partial charge in [0.1, 0.15) is 0 Å². The summed E-state index contributed by atoms with van der Waals surface area (Å²) in [5.41, 5.74) is 5.11. The topological polar surface area (TPSA) is 0 Å². The van der Waals surface area contributed by atoms with Crippen molar-refractivity contribution in [1.82, 2.24) is 0 Å². The average Bonchev–Trinajstić information content (AvgIpc) is 2.37. The van der Waals surface area contributed by atoms with E-state index in [0.717, 1.165) is 6.42 Å². The molecular formula is C19H25Cl. The highest BCUT2D eigenvalue weighted by molar-refractivity contribution is 6.21. The van der Waals surface area contributed by atoms with Gasteiger partial charge < -0.3 is 0 Å². The van der Waals surface area contributed by atoms with Gasteiger partial charge in [-0.1, -0.05) is 49.8 Å². The normalized spacial score (nSPS) is 28.6. The lowest BCUT2D eigenvalue weighted by Gasteiger charge is -2.35. The van der Waals surface area contributed by atoms with Crippen LogP contribution >= 0.6 is 11.6 Å². The number of hydrogen-bond acceptors (Lipinski definition) is 0. The van der Waals surface area contributed by atoms with Gasteiger partial charge in [0.2, 0.25) is 0 Å². The van der Waals surface area contributed by atoms with E-state index in [9.17, 15) is 0 Å². The van der Waals surface area contributed by atoms with E-state index in [1.807, 2.05) is 0 Å². The molecule has 1 heteroatoms. The molecule has 2 atom stereocenters. The van der Waals surface area contributed by atoms with Gasteiger partial charge in [0.05, 0.1) is 5.38 Å². The summed E-state index contributed by atoms with van der Waals surface area (Å²) in [6.07, 6.45) is 9.81. The third-order valence-electron chi connectivity index (χ3n) is 4.87. The molecule has 0 fully saturated rings. The fraction of sp³-hybridized carbons (Fsp3) is 0.579. The Kier molecular flexibility index (Phi) is 3.95. The van der Waals surface area contributed by atoms with Gasteiger partial charge >= 0.3 is 0 Å². The molecule has 0 amide bonds. The van der Waals surface area contributed by atoms with Crippen LogP contribution in [0.25, 0.3) is 0 Å². The molecular weight excluding hydrogens is 264 g/mol. The Morgan fingerprint density at radius 2 is 2.05 bits per heavy atom. The number of fused-ring (bicyclic) bond motifs is 1. The van der Waals surface area contributed by atoms with Crippen LogP contribution in [0.15, 0.2) is 35.9 Å². The van der Waals surface area contributed by atoms with Crippen molar-refractivity contribution in [3.05, 3.63) is 47.0 Å². The van der Waals surface area contributed by atoms with Crippen molar-refractivity contribution in [2.75, 3.05) is 0 Å². The molecule has 2 unspecified atom stereocenters. The summed E-state index contributed by atoms with van der Waals surface area (Å²) in [6.45, 7) is 4.70. The molecule has 0 radical (unpaired) electrons. The van der Waals surface area contributed by atoms with E-state index >= 15 is 0 Å². The molecule has 0 spiro atoms. The highest BCUT2D eigenvalue weighted by atomic mass is 35.5. The summed E-state index contributed by atoms with van der Waals surface area (Å²) in [7, 11) is 0. The number of aryl methyl sites for hydroxylation is 1. The van der Waals surface area contributed by atoms with Crippen molar-refractivity contribution in [2.24, 2.45) is 5.41 Å². The summed E-state index contributed by atoms with van der Waals surface area (Å²) < 4.78 is 0. The minimum Gasteiger partial charge on any atom is -0.118 e. The van der Waals surface area contributed by atoms with Crippen molar-refractivity contribution in [3.8, 4) is 0 Å². The lowest BCUT2D eigenvalue weighted by Crippen LogP contribution is -2.23. The highest BCUT2D eigenvalue weighted by Gasteiger charge is 2.29. The molecule has 0 bridgehead atoms. The molecule has 20 heavy (non-hydrogen) atoms. The van der Waals surface area contributed by atoms with E-state index in [-0.39, 0.29) is 5.38 Å². The minimum atomic E-state index is 0.229. The molecule has 2 aliphatic carbocycles. The van der Waals surface area contributed by atoms with Gasteiger partial charge in [-0.3, -0.25) is 0 Å². The smallest absolute Gasteiger partial charge is 0.0523 e. The van der Waals surface area contributed by atoms with Gasteiger partial charge in [-0.25, -0.2) is 0 Å².